The third-order valence-electron chi connectivity index (χ3n) is 4.31. The van der Waals surface area contributed by atoms with Crippen molar-refractivity contribution >= 4 is 11.9 Å². The Labute approximate surface area is 113 Å². The molecule has 2 rings (SSSR count). The SMILES string of the molecule is CC1CN(C(=O)CC2(C(=O)O)CCCC2)CCCO1. The molecule has 1 saturated carbocycles. The number of carboxylic acid groups (broad SMARTS) is 1. The molecule has 0 spiro atoms. The maximum atomic E-state index is 12.4. The summed E-state index contributed by atoms with van der Waals surface area (Å²) in [6.45, 7) is 3.89. The lowest BCUT2D eigenvalue weighted by Crippen LogP contribution is -2.41. The molecule has 1 unspecified atom stereocenters. The van der Waals surface area contributed by atoms with Crippen molar-refractivity contribution in [2.45, 2.75) is 51.6 Å². The van der Waals surface area contributed by atoms with E-state index in [9.17, 15) is 14.7 Å². The van der Waals surface area contributed by atoms with Crippen molar-refractivity contribution in [2.75, 3.05) is 19.7 Å². The summed E-state index contributed by atoms with van der Waals surface area (Å²) in [7, 11) is 0. The van der Waals surface area contributed by atoms with Gasteiger partial charge in [-0.3, -0.25) is 9.59 Å². The molecule has 5 heteroatoms. The zero-order valence-electron chi connectivity index (χ0n) is 11.6. The van der Waals surface area contributed by atoms with E-state index in [1.165, 1.54) is 0 Å². The summed E-state index contributed by atoms with van der Waals surface area (Å²) in [5.41, 5.74) is -0.812. The minimum atomic E-state index is -0.812. The van der Waals surface area contributed by atoms with Gasteiger partial charge in [0.2, 0.25) is 5.91 Å². The van der Waals surface area contributed by atoms with Crippen molar-refractivity contribution in [1.29, 1.82) is 0 Å². The Morgan fingerprint density at radius 1 is 1.32 bits per heavy atom. The third-order valence-corrected chi connectivity index (χ3v) is 4.31. The summed E-state index contributed by atoms with van der Waals surface area (Å²) in [5, 5.41) is 9.42. The number of aliphatic carboxylic acids is 1. The van der Waals surface area contributed by atoms with Crippen molar-refractivity contribution in [3.63, 3.8) is 0 Å². The van der Waals surface area contributed by atoms with E-state index in [-0.39, 0.29) is 18.4 Å². The van der Waals surface area contributed by atoms with Gasteiger partial charge < -0.3 is 14.7 Å². The van der Waals surface area contributed by atoms with Crippen molar-refractivity contribution in [2.24, 2.45) is 5.41 Å². The number of rotatable bonds is 3. The van der Waals surface area contributed by atoms with Gasteiger partial charge >= 0.3 is 5.97 Å². The quantitative estimate of drug-likeness (QED) is 0.846. The van der Waals surface area contributed by atoms with Crippen LogP contribution < -0.4 is 0 Å². The molecule has 0 aromatic carbocycles. The topological polar surface area (TPSA) is 66.8 Å². The lowest BCUT2D eigenvalue weighted by Gasteiger charge is -2.28. The molecular weight excluding hydrogens is 246 g/mol. The van der Waals surface area contributed by atoms with Crippen LogP contribution in [0, 0.1) is 5.41 Å². The van der Waals surface area contributed by atoms with Crippen LogP contribution in [0.3, 0.4) is 0 Å². The second-order valence-corrected chi connectivity index (χ2v) is 5.84. The molecule has 19 heavy (non-hydrogen) atoms. The number of hydrogen-bond acceptors (Lipinski definition) is 3. The summed E-state index contributed by atoms with van der Waals surface area (Å²) < 4.78 is 5.52. The van der Waals surface area contributed by atoms with Gasteiger partial charge in [-0.15, -0.1) is 0 Å². The fourth-order valence-electron chi connectivity index (χ4n) is 3.14. The Morgan fingerprint density at radius 3 is 2.63 bits per heavy atom. The predicted molar refractivity (Wildman–Crippen MR) is 69.8 cm³/mol. The van der Waals surface area contributed by atoms with Gasteiger partial charge in [-0.25, -0.2) is 0 Å². The Hall–Kier alpha value is -1.10. The van der Waals surface area contributed by atoms with Crippen molar-refractivity contribution < 1.29 is 19.4 Å². The fourth-order valence-corrected chi connectivity index (χ4v) is 3.14. The molecule has 1 saturated heterocycles. The van der Waals surface area contributed by atoms with Crippen LogP contribution in [-0.4, -0.2) is 47.7 Å². The number of nitrogens with zero attached hydrogens (tertiary/aromatic N) is 1. The molecule has 1 aliphatic carbocycles. The summed E-state index contributed by atoms with van der Waals surface area (Å²) >= 11 is 0. The highest BCUT2D eigenvalue weighted by atomic mass is 16.5. The van der Waals surface area contributed by atoms with Crippen LogP contribution in [0.25, 0.3) is 0 Å². The van der Waals surface area contributed by atoms with Gasteiger partial charge in [0.15, 0.2) is 0 Å². The second kappa shape index (κ2) is 5.90. The largest absolute Gasteiger partial charge is 0.481 e. The second-order valence-electron chi connectivity index (χ2n) is 5.84. The Bertz CT molecular complexity index is 349. The predicted octanol–water partition coefficient (Wildman–Crippen LogP) is 1.66. The van der Waals surface area contributed by atoms with Crippen LogP contribution >= 0.6 is 0 Å². The van der Waals surface area contributed by atoms with E-state index < -0.39 is 11.4 Å². The molecular formula is C14H23NO4. The Kier molecular flexibility index (Phi) is 4.45. The van der Waals surface area contributed by atoms with Gasteiger partial charge in [0, 0.05) is 26.1 Å². The van der Waals surface area contributed by atoms with Crippen LogP contribution in [0.4, 0.5) is 0 Å². The zero-order valence-corrected chi connectivity index (χ0v) is 11.6. The van der Waals surface area contributed by atoms with Crippen LogP contribution in [0.5, 0.6) is 0 Å². The van der Waals surface area contributed by atoms with E-state index in [4.69, 9.17) is 4.74 Å². The number of carbonyl (C=O) groups is 2. The molecule has 0 radical (unpaired) electrons. The summed E-state index contributed by atoms with van der Waals surface area (Å²) in [4.78, 5) is 25.6. The highest BCUT2D eigenvalue weighted by Crippen LogP contribution is 2.41. The van der Waals surface area contributed by atoms with Crippen molar-refractivity contribution in [3.05, 3.63) is 0 Å². The number of carbonyl (C=O) groups excluding carboxylic acids is 1. The molecule has 2 fully saturated rings. The first kappa shape index (κ1) is 14.3. The molecule has 2 aliphatic rings. The molecule has 1 heterocycles. The highest BCUT2D eigenvalue weighted by molar-refractivity contribution is 5.85. The minimum Gasteiger partial charge on any atom is -0.481 e. The van der Waals surface area contributed by atoms with Crippen LogP contribution in [0.1, 0.15) is 45.4 Å². The molecule has 1 N–H and O–H groups in total. The van der Waals surface area contributed by atoms with Gasteiger partial charge in [-0.1, -0.05) is 12.8 Å². The van der Waals surface area contributed by atoms with Crippen molar-refractivity contribution in [3.8, 4) is 0 Å². The summed E-state index contributed by atoms with van der Waals surface area (Å²) in [6, 6.07) is 0. The first-order chi connectivity index (χ1) is 9.03. The summed E-state index contributed by atoms with van der Waals surface area (Å²) in [5.74, 6) is -0.834. The lowest BCUT2D eigenvalue weighted by atomic mass is 9.82. The number of amides is 1. The maximum Gasteiger partial charge on any atom is 0.310 e. The van der Waals surface area contributed by atoms with Gasteiger partial charge in [-0.05, 0) is 26.2 Å². The average Bonchev–Trinajstić information content (AvgIpc) is 2.72. The molecule has 0 bridgehead atoms. The van der Waals surface area contributed by atoms with Gasteiger partial charge in [0.1, 0.15) is 0 Å². The average molecular weight is 269 g/mol. The van der Waals surface area contributed by atoms with Crippen LogP contribution in [0.2, 0.25) is 0 Å². The normalized spacial score (nSPS) is 27.0. The maximum absolute atomic E-state index is 12.4. The molecule has 0 aromatic heterocycles. The van der Waals surface area contributed by atoms with E-state index in [0.29, 0.717) is 32.5 Å². The first-order valence-electron chi connectivity index (χ1n) is 7.16. The van der Waals surface area contributed by atoms with Crippen LogP contribution in [-0.2, 0) is 14.3 Å². The Balaban J connectivity index is 2.00. The number of ether oxygens (including phenoxy) is 1. The number of carboxylic acids is 1. The van der Waals surface area contributed by atoms with E-state index >= 15 is 0 Å². The van der Waals surface area contributed by atoms with E-state index in [2.05, 4.69) is 0 Å². The Morgan fingerprint density at radius 2 is 2.00 bits per heavy atom. The van der Waals surface area contributed by atoms with Crippen LogP contribution in [0.15, 0.2) is 0 Å². The molecule has 0 aromatic rings. The van der Waals surface area contributed by atoms with Gasteiger partial charge in [0.25, 0.3) is 0 Å². The van der Waals surface area contributed by atoms with Crippen molar-refractivity contribution in [1.82, 2.24) is 4.90 Å². The monoisotopic (exact) mass is 269 g/mol. The summed E-state index contributed by atoms with van der Waals surface area (Å²) in [6.07, 6.45) is 4.11. The van der Waals surface area contributed by atoms with E-state index in [1.807, 2.05) is 6.92 Å². The van der Waals surface area contributed by atoms with Gasteiger partial charge in [0.05, 0.1) is 11.5 Å². The van der Waals surface area contributed by atoms with E-state index in [1.54, 1.807) is 4.90 Å². The smallest absolute Gasteiger partial charge is 0.310 e. The molecule has 1 atom stereocenters. The standard InChI is InChI=1S/C14H23NO4/c1-11-10-15(7-4-8-19-11)12(16)9-14(13(17)18)5-2-3-6-14/h11H,2-10H2,1H3,(H,17,18). The molecule has 5 nitrogen and oxygen atoms in total. The molecule has 1 aliphatic heterocycles. The minimum absolute atomic E-state index is 0.0262. The molecule has 1 amide bonds. The highest BCUT2D eigenvalue weighted by Gasteiger charge is 2.43. The van der Waals surface area contributed by atoms with Gasteiger partial charge in [-0.2, -0.15) is 0 Å². The lowest BCUT2D eigenvalue weighted by molar-refractivity contribution is -0.153. The first-order valence-corrected chi connectivity index (χ1v) is 7.16. The number of hydrogen-bond donors (Lipinski definition) is 1. The molecule has 108 valence electrons. The zero-order chi connectivity index (χ0) is 13.9. The fraction of sp³-hybridized carbons (Fsp3) is 0.857. The third kappa shape index (κ3) is 3.26. The van der Waals surface area contributed by atoms with E-state index in [0.717, 1.165) is 19.3 Å².